The number of carboxylic acid groups (broad SMARTS) is 1. The second-order valence-electron chi connectivity index (χ2n) is 3.23. The lowest BCUT2D eigenvalue weighted by molar-refractivity contribution is -0.138. The highest BCUT2D eigenvalue weighted by Crippen LogP contribution is 2.25. The van der Waals surface area contributed by atoms with Crippen LogP contribution in [0.3, 0.4) is 0 Å². The number of aliphatic carboxylic acids is 1. The Morgan fingerprint density at radius 1 is 1.69 bits per heavy atom. The minimum absolute atomic E-state index is 0.119. The average Bonchev–Trinajstić information content (AvgIpc) is 2.24. The number of hydrogen-bond donors (Lipinski definition) is 2. The first-order valence-corrected chi connectivity index (χ1v) is 4.83. The van der Waals surface area contributed by atoms with Gasteiger partial charge in [-0.2, -0.15) is 0 Å². The van der Waals surface area contributed by atoms with Crippen molar-refractivity contribution in [1.29, 1.82) is 0 Å². The molecule has 1 aromatic carbocycles. The summed E-state index contributed by atoms with van der Waals surface area (Å²) in [5.41, 5.74) is 5.43. The molecule has 0 spiro atoms. The van der Waals surface area contributed by atoms with Gasteiger partial charge in [0.25, 0.3) is 0 Å². The molecule has 88 valence electrons. The van der Waals surface area contributed by atoms with E-state index in [1.54, 1.807) is 0 Å². The van der Waals surface area contributed by atoms with Crippen molar-refractivity contribution < 1.29 is 19.0 Å². The number of rotatable bonds is 4. The second kappa shape index (κ2) is 5.14. The molecule has 0 bridgehead atoms. The minimum Gasteiger partial charge on any atom is -0.497 e. The SMILES string of the molecule is COc1cc(Cl)c(F)c(CC(N)C(=O)O)c1. The maximum atomic E-state index is 13.5. The monoisotopic (exact) mass is 247 g/mol. The molecule has 0 fully saturated rings. The van der Waals surface area contributed by atoms with Crippen molar-refractivity contribution in [2.24, 2.45) is 5.73 Å². The van der Waals surface area contributed by atoms with Gasteiger partial charge in [0.1, 0.15) is 17.6 Å². The number of benzene rings is 1. The summed E-state index contributed by atoms with van der Waals surface area (Å²) >= 11 is 5.62. The zero-order chi connectivity index (χ0) is 12.3. The highest BCUT2D eigenvalue weighted by atomic mass is 35.5. The van der Waals surface area contributed by atoms with Crippen LogP contribution >= 0.6 is 11.6 Å². The van der Waals surface area contributed by atoms with Crippen LogP contribution in [0, 0.1) is 5.82 Å². The van der Waals surface area contributed by atoms with Gasteiger partial charge in [-0.3, -0.25) is 4.79 Å². The summed E-state index contributed by atoms with van der Waals surface area (Å²) in [6, 6.07) is 1.52. The summed E-state index contributed by atoms with van der Waals surface area (Å²) in [6.45, 7) is 0. The van der Waals surface area contributed by atoms with Gasteiger partial charge in [0.15, 0.2) is 0 Å². The number of carbonyl (C=O) groups is 1. The molecule has 0 aliphatic heterocycles. The number of hydrogen-bond acceptors (Lipinski definition) is 3. The van der Waals surface area contributed by atoms with Gasteiger partial charge in [0.2, 0.25) is 0 Å². The normalized spacial score (nSPS) is 12.2. The van der Waals surface area contributed by atoms with Gasteiger partial charge >= 0.3 is 5.97 Å². The first-order chi connectivity index (χ1) is 7.45. The first-order valence-electron chi connectivity index (χ1n) is 4.46. The van der Waals surface area contributed by atoms with E-state index < -0.39 is 17.8 Å². The summed E-state index contributed by atoms with van der Waals surface area (Å²) in [6.07, 6.45) is -0.141. The molecule has 0 amide bonds. The molecule has 4 nitrogen and oxygen atoms in total. The third-order valence-electron chi connectivity index (χ3n) is 2.07. The molecule has 1 aromatic rings. The zero-order valence-corrected chi connectivity index (χ0v) is 9.29. The summed E-state index contributed by atoms with van der Waals surface area (Å²) in [4.78, 5) is 10.5. The molecule has 0 aliphatic rings. The lowest BCUT2D eigenvalue weighted by Gasteiger charge is -2.10. The van der Waals surface area contributed by atoms with Gasteiger partial charge in [0, 0.05) is 12.5 Å². The Morgan fingerprint density at radius 3 is 2.81 bits per heavy atom. The Labute approximate surface area is 96.8 Å². The molecule has 3 N–H and O–H groups in total. The molecule has 0 aromatic heterocycles. The summed E-state index contributed by atoms with van der Waals surface area (Å²) < 4.78 is 18.4. The van der Waals surface area contributed by atoms with E-state index in [-0.39, 0.29) is 17.0 Å². The molecule has 0 aliphatic carbocycles. The van der Waals surface area contributed by atoms with E-state index in [1.807, 2.05) is 0 Å². The van der Waals surface area contributed by atoms with E-state index in [4.69, 9.17) is 27.2 Å². The second-order valence-corrected chi connectivity index (χ2v) is 3.64. The van der Waals surface area contributed by atoms with Crippen molar-refractivity contribution in [3.05, 3.63) is 28.5 Å². The van der Waals surface area contributed by atoms with Crippen molar-refractivity contribution in [3.63, 3.8) is 0 Å². The van der Waals surface area contributed by atoms with Crippen LogP contribution in [0.2, 0.25) is 5.02 Å². The van der Waals surface area contributed by atoms with E-state index >= 15 is 0 Å². The van der Waals surface area contributed by atoms with Gasteiger partial charge < -0.3 is 15.6 Å². The smallest absolute Gasteiger partial charge is 0.320 e. The molecule has 16 heavy (non-hydrogen) atoms. The molecule has 0 saturated carbocycles. The highest BCUT2D eigenvalue weighted by Gasteiger charge is 2.17. The van der Waals surface area contributed by atoms with Crippen molar-refractivity contribution in [1.82, 2.24) is 0 Å². The van der Waals surface area contributed by atoms with Crippen LogP contribution in [0.25, 0.3) is 0 Å². The molecule has 1 rings (SSSR count). The van der Waals surface area contributed by atoms with Gasteiger partial charge in [0.05, 0.1) is 12.1 Å². The standard InChI is InChI=1S/C10H11ClFNO3/c1-16-6-2-5(3-8(13)10(14)15)9(12)7(11)4-6/h2,4,8H,3,13H2,1H3,(H,14,15). The molecule has 1 atom stereocenters. The number of ether oxygens (including phenoxy) is 1. The fourth-order valence-electron chi connectivity index (χ4n) is 1.21. The molecule has 1 unspecified atom stereocenters. The van der Waals surface area contributed by atoms with Crippen LogP contribution in [-0.4, -0.2) is 24.2 Å². The number of nitrogens with two attached hydrogens (primary N) is 1. The maximum absolute atomic E-state index is 13.5. The summed E-state index contributed by atoms with van der Waals surface area (Å²) in [5, 5.41) is 8.50. The van der Waals surface area contributed by atoms with Crippen LogP contribution in [0.4, 0.5) is 4.39 Å². The quantitative estimate of drug-likeness (QED) is 0.845. The molecule has 0 saturated heterocycles. The fourth-order valence-corrected chi connectivity index (χ4v) is 1.44. The Hall–Kier alpha value is -1.33. The molecule has 0 radical (unpaired) electrons. The lowest BCUT2D eigenvalue weighted by Crippen LogP contribution is -2.32. The first kappa shape index (κ1) is 12.7. The van der Waals surface area contributed by atoms with E-state index in [2.05, 4.69) is 0 Å². The van der Waals surface area contributed by atoms with Gasteiger partial charge in [-0.25, -0.2) is 4.39 Å². The van der Waals surface area contributed by atoms with Crippen LogP contribution in [0.5, 0.6) is 5.75 Å². The van der Waals surface area contributed by atoms with Crippen molar-refractivity contribution in [2.75, 3.05) is 7.11 Å². The van der Waals surface area contributed by atoms with Gasteiger partial charge in [-0.05, 0) is 11.6 Å². The van der Waals surface area contributed by atoms with E-state index in [0.29, 0.717) is 5.75 Å². The average molecular weight is 248 g/mol. The zero-order valence-electron chi connectivity index (χ0n) is 8.54. The fraction of sp³-hybridized carbons (Fsp3) is 0.300. The number of methoxy groups -OCH3 is 1. The third-order valence-corrected chi connectivity index (χ3v) is 2.34. The lowest BCUT2D eigenvalue weighted by atomic mass is 10.1. The van der Waals surface area contributed by atoms with Crippen LogP contribution in [-0.2, 0) is 11.2 Å². The molecular formula is C10H11ClFNO3. The van der Waals surface area contributed by atoms with Gasteiger partial charge in [-0.1, -0.05) is 11.6 Å². The predicted molar refractivity (Wildman–Crippen MR) is 57.3 cm³/mol. The number of carboxylic acids is 1. The van der Waals surface area contributed by atoms with E-state index in [0.717, 1.165) is 0 Å². The van der Waals surface area contributed by atoms with Crippen LogP contribution < -0.4 is 10.5 Å². The third kappa shape index (κ3) is 2.84. The van der Waals surface area contributed by atoms with E-state index in [1.165, 1.54) is 19.2 Å². The van der Waals surface area contributed by atoms with Crippen molar-refractivity contribution >= 4 is 17.6 Å². The summed E-state index contributed by atoms with van der Waals surface area (Å²) in [7, 11) is 1.41. The van der Waals surface area contributed by atoms with Crippen molar-refractivity contribution in [3.8, 4) is 5.75 Å². The molecule has 6 heteroatoms. The van der Waals surface area contributed by atoms with Gasteiger partial charge in [-0.15, -0.1) is 0 Å². The van der Waals surface area contributed by atoms with Crippen LogP contribution in [0.1, 0.15) is 5.56 Å². The minimum atomic E-state index is -1.20. The highest BCUT2D eigenvalue weighted by molar-refractivity contribution is 6.31. The molecular weight excluding hydrogens is 237 g/mol. The summed E-state index contributed by atoms with van der Waals surface area (Å²) in [5.74, 6) is -1.50. The maximum Gasteiger partial charge on any atom is 0.320 e. The Morgan fingerprint density at radius 2 is 2.31 bits per heavy atom. The number of halogens is 2. The Balaban J connectivity index is 3.03. The molecule has 0 heterocycles. The topological polar surface area (TPSA) is 72.5 Å². The Bertz CT molecular complexity index is 411. The largest absolute Gasteiger partial charge is 0.497 e. The van der Waals surface area contributed by atoms with Crippen LogP contribution in [0.15, 0.2) is 12.1 Å². The predicted octanol–water partition coefficient (Wildman–Crippen LogP) is 1.44. The van der Waals surface area contributed by atoms with Crippen molar-refractivity contribution in [2.45, 2.75) is 12.5 Å². The Kier molecular flexibility index (Phi) is 4.09. The van der Waals surface area contributed by atoms with E-state index in [9.17, 15) is 9.18 Å².